The van der Waals surface area contributed by atoms with E-state index in [0.29, 0.717) is 22.0 Å². The van der Waals surface area contributed by atoms with Gasteiger partial charge < -0.3 is 10.1 Å². The third kappa shape index (κ3) is 5.11. The molecular formula is C23H23ClN2O2. The molecule has 0 aliphatic carbocycles. The summed E-state index contributed by atoms with van der Waals surface area (Å²) in [4.78, 5) is 16.7. The summed E-state index contributed by atoms with van der Waals surface area (Å²) in [6.45, 7) is 6.65. The summed E-state index contributed by atoms with van der Waals surface area (Å²) < 4.78 is 5.71. The Bertz CT molecular complexity index is 966. The van der Waals surface area contributed by atoms with Gasteiger partial charge >= 0.3 is 0 Å². The molecule has 3 rings (SSSR count). The largest absolute Gasteiger partial charge is 0.487 e. The molecular weight excluding hydrogens is 372 g/mol. The van der Waals surface area contributed by atoms with Crippen molar-refractivity contribution in [3.8, 4) is 5.75 Å². The predicted octanol–water partition coefficient (Wildman–Crippen LogP) is 5.86. The van der Waals surface area contributed by atoms with Gasteiger partial charge in [0.1, 0.15) is 12.4 Å². The maximum Gasteiger partial charge on any atom is 0.255 e. The summed E-state index contributed by atoms with van der Waals surface area (Å²) in [5.41, 5.74) is 3.16. The lowest BCUT2D eigenvalue weighted by molar-refractivity contribution is 0.102. The van der Waals surface area contributed by atoms with Gasteiger partial charge in [0.2, 0.25) is 0 Å². The zero-order valence-electron chi connectivity index (χ0n) is 16.2. The molecule has 28 heavy (non-hydrogen) atoms. The van der Waals surface area contributed by atoms with E-state index in [0.717, 1.165) is 11.1 Å². The van der Waals surface area contributed by atoms with Crippen LogP contribution >= 0.6 is 11.6 Å². The Balaban J connectivity index is 1.73. The highest BCUT2D eigenvalue weighted by atomic mass is 35.5. The summed E-state index contributed by atoms with van der Waals surface area (Å²) in [6.07, 6.45) is 3.33. The monoisotopic (exact) mass is 394 g/mol. The van der Waals surface area contributed by atoms with Crippen LogP contribution in [0.25, 0.3) is 0 Å². The standard InChI is InChI=1S/C23H23ClN2O2/c1-23(2,3)18-7-4-6-16(12-18)22(27)26-19-9-10-21(24)17(13-19)15-28-20-8-5-11-25-14-20/h4-14H,15H2,1-3H3,(H,26,27). The molecule has 0 fully saturated rings. The number of carbonyl (C=O) groups excluding carboxylic acids is 1. The molecule has 144 valence electrons. The van der Waals surface area contributed by atoms with Crippen LogP contribution in [0.1, 0.15) is 42.3 Å². The third-order valence-corrected chi connectivity index (χ3v) is 4.69. The maximum absolute atomic E-state index is 12.7. The molecule has 0 bridgehead atoms. The number of carbonyl (C=O) groups is 1. The molecule has 0 aliphatic heterocycles. The number of nitrogens with zero attached hydrogens (tertiary/aromatic N) is 1. The average molecular weight is 395 g/mol. The lowest BCUT2D eigenvalue weighted by Gasteiger charge is -2.19. The highest BCUT2D eigenvalue weighted by Gasteiger charge is 2.16. The Morgan fingerprint density at radius 3 is 2.64 bits per heavy atom. The second-order valence-corrected chi connectivity index (χ2v) is 7.98. The normalized spacial score (nSPS) is 11.1. The van der Waals surface area contributed by atoms with E-state index in [1.54, 1.807) is 30.6 Å². The number of aromatic nitrogens is 1. The number of amides is 1. The second-order valence-electron chi connectivity index (χ2n) is 7.57. The molecule has 3 aromatic rings. The van der Waals surface area contributed by atoms with Gasteiger partial charge in [0.15, 0.2) is 0 Å². The summed E-state index contributed by atoms with van der Waals surface area (Å²) in [6, 6.07) is 16.7. The number of anilines is 1. The molecule has 0 unspecified atom stereocenters. The summed E-state index contributed by atoms with van der Waals surface area (Å²) >= 11 is 6.28. The molecule has 1 amide bonds. The van der Waals surface area contributed by atoms with Crippen LogP contribution in [0, 0.1) is 0 Å². The molecule has 2 aromatic carbocycles. The van der Waals surface area contributed by atoms with Crippen LogP contribution in [-0.4, -0.2) is 10.9 Å². The fraction of sp³-hybridized carbons (Fsp3) is 0.217. The van der Waals surface area contributed by atoms with E-state index in [1.807, 2.05) is 36.4 Å². The van der Waals surface area contributed by atoms with Crippen molar-refractivity contribution >= 4 is 23.2 Å². The molecule has 0 saturated heterocycles. The van der Waals surface area contributed by atoms with Gasteiger partial charge in [-0.25, -0.2) is 0 Å². The fourth-order valence-corrected chi connectivity index (χ4v) is 2.86. The Morgan fingerprint density at radius 1 is 1.11 bits per heavy atom. The number of halogens is 1. The Labute approximate surface area is 170 Å². The van der Waals surface area contributed by atoms with E-state index < -0.39 is 0 Å². The molecule has 1 heterocycles. The number of hydrogen-bond acceptors (Lipinski definition) is 3. The first-order valence-electron chi connectivity index (χ1n) is 9.06. The molecule has 0 saturated carbocycles. The van der Waals surface area contributed by atoms with E-state index in [1.165, 1.54) is 0 Å². The van der Waals surface area contributed by atoms with E-state index in [-0.39, 0.29) is 17.9 Å². The van der Waals surface area contributed by atoms with Gasteiger partial charge in [0.05, 0.1) is 6.20 Å². The Kier molecular flexibility index (Phi) is 6.00. The van der Waals surface area contributed by atoms with Crippen LogP contribution in [0.4, 0.5) is 5.69 Å². The van der Waals surface area contributed by atoms with Crippen LogP contribution in [0.3, 0.4) is 0 Å². The van der Waals surface area contributed by atoms with Crippen molar-refractivity contribution in [2.75, 3.05) is 5.32 Å². The van der Waals surface area contributed by atoms with Crippen molar-refractivity contribution in [1.82, 2.24) is 4.98 Å². The summed E-state index contributed by atoms with van der Waals surface area (Å²) in [5.74, 6) is 0.500. The Hall–Kier alpha value is -2.85. The van der Waals surface area contributed by atoms with Crippen molar-refractivity contribution in [2.24, 2.45) is 0 Å². The Morgan fingerprint density at radius 2 is 1.93 bits per heavy atom. The maximum atomic E-state index is 12.7. The van der Waals surface area contributed by atoms with Crippen LogP contribution in [0.2, 0.25) is 5.02 Å². The zero-order chi connectivity index (χ0) is 20.1. The van der Waals surface area contributed by atoms with Crippen LogP contribution in [-0.2, 0) is 12.0 Å². The molecule has 0 spiro atoms. The van der Waals surface area contributed by atoms with Crippen LogP contribution in [0.5, 0.6) is 5.75 Å². The number of ether oxygens (including phenoxy) is 1. The van der Waals surface area contributed by atoms with Crippen molar-refractivity contribution in [1.29, 1.82) is 0 Å². The minimum Gasteiger partial charge on any atom is -0.487 e. The number of rotatable bonds is 5. The minimum atomic E-state index is -0.160. The van der Waals surface area contributed by atoms with Gasteiger partial charge in [0.25, 0.3) is 5.91 Å². The number of pyridine rings is 1. The summed E-state index contributed by atoms with van der Waals surface area (Å²) in [7, 11) is 0. The molecule has 0 radical (unpaired) electrons. The van der Waals surface area contributed by atoms with E-state index in [4.69, 9.17) is 16.3 Å². The molecule has 1 aromatic heterocycles. The molecule has 4 nitrogen and oxygen atoms in total. The first-order chi connectivity index (χ1) is 13.3. The predicted molar refractivity (Wildman–Crippen MR) is 113 cm³/mol. The quantitative estimate of drug-likeness (QED) is 0.589. The van der Waals surface area contributed by atoms with E-state index >= 15 is 0 Å². The summed E-state index contributed by atoms with van der Waals surface area (Å²) in [5, 5.41) is 3.52. The minimum absolute atomic E-state index is 0.0205. The van der Waals surface area contributed by atoms with Gasteiger partial charge in [-0.3, -0.25) is 9.78 Å². The van der Waals surface area contributed by atoms with E-state index in [2.05, 4.69) is 31.1 Å². The lowest BCUT2D eigenvalue weighted by Crippen LogP contribution is -2.15. The highest BCUT2D eigenvalue weighted by molar-refractivity contribution is 6.31. The van der Waals surface area contributed by atoms with Crippen LogP contribution in [0.15, 0.2) is 67.0 Å². The number of nitrogens with one attached hydrogen (secondary N) is 1. The van der Waals surface area contributed by atoms with Crippen molar-refractivity contribution in [3.63, 3.8) is 0 Å². The smallest absolute Gasteiger partial charge is 0.255 e. The van der Waals surface area contributed by atoms with Gasteiger partial charge in [0, 0.05) is 28.0 Å². The van der Waals surface area contributed by atoms with Crippen molar-refractivity contribution in [2.45, 2.75) is 32.8 Å². The van der Waals surface area contributed by atoms with Crippen molar-refractivity contribution in [3.05, 3.63) is 88.7 Å². The second kappa shape index (κ2) is 8.44. The number of benzene rings is 2. The molecule has 5 heteroatoms. The number of hydrogen-bond donors (Lipinski definition) is 1. The molecule has 0 atom stereocenters. The van der Waals surface area contributed by atoms with Gasteiger partial charge in [-0.2, -0.15) is 0 Å². The van der Waals surface area contributed by atoms with E-state index in [9.17, 15) is 4.79 Å². The van der Waals surface area contributed by atoms with Gasteiger partial charge in [-0.05, 0) is 53.4 Å². The first-order valence-corrected chi connectivity index (χ1v) is 9.44. The lowest BCUT2D eigenvalue weighted by atomic mass is 9.86. The molecule has 1 N–H and O–H groups in total. The average Bonchev–Trinajstić information content (AvgIpc) is 2.68. The topological polar surface area (TPSA) is 51.2 Å². The zero-order valence-corrected chi connectivity index (χ0v) is 17.0. The van der Waals surface area contributed by atoms with Crippen LogP contribution < -0.4 is 10.1 Å². The SMILES string of the molecule is CC(C)(C)c1cccc(C(=O)Nc2ccc(Cl)c(COc3cccnc3)c2)c1. The van der Waals surface area contributed by atoms with Gasteiger partial charge in [-0.15, -0.1) is 0 Å². The van der Waals surface area contributed by atoms with Gasteiger partial charge in [-0.1, -0.05) is 44.5 Å². The van der Waals surface area contributed by atoms with Crippen molar-refractivity contribution < 1.29 is 9.53 Å². The fourth-order valence-electron chi connectivity index (χ4n) is 2.69. The third-order valence-electron chi connectivity index (χ3n) is 4.32. The molecule has 0 aliphatic rings. The highest BCUT2D eigenvalue weighted by Crippen LogP contribution is 2.25. The first kappa shape index (κ1) is 19.9.